The fourth-order valence-electron chi connectivity index (χ4n) is 8.16. The Hall–Kier alpha value is -3.07. The van der Waals surface area contributed by atoms with E-state index in [9.17, 15) is 14.7 Å². The van der Waals surface area contributed by atoms with Gasteiger partial charge in [-0.15, -0.1) is 0 Å². The minimum Gasteiger partial charge on any atom is -0.189 e. The fraction of sp³-hybridized carbons (Fsp3) is 0.490. The molecule has 0 radical (unpaired) electrons. The summed E-state index contributed by atoms with van der Waals surface area (Å²) >= 11 is 0. The molecule has 0 aliphatic rings. The Balaban J connectivity index is 2.02. The van der Waals surface area contributed by atoms with Crippen molar-refractivity contribution in [3.63, 3.8) is 0 Å². The molecule has 0 spiro atoms. The minimum absolute atomic E-state index is 0.0334. The van der Waals surface area contributed by atoms with Crippen molar-refractivity contribution in [2.24, 2.45) is 0 Å². The molecule has 0 fully saturated rings. The van der Waals surface area contributed by atoms with Gasteiger partial charge in [0.25, 0.3) is 0 Å². The molecular formula is C51H70O3P+. The van der Waals surface area contributed by atoms with Gasteiger partial charge in [0.15, 0.2) is 5.30 Å². The van der Waals surface area contributed by atoms with Crippen LogP contribution in [0.15, 0.2) is 60.7 Å². The zero-order chi connectivity index (χ0) is 41.8. The molecule has 0 aromatic heterocycles. The van der Waals surface area contributed by atoms with E-state index in [-0.39, 0.29) is 37.8 Å². The van der Waals surface area contributed by atoms with Crippen LogP contribution in [0.3, 0.4) is 0 Å². The summed E-state index contributed by atoms with van der Waals surface area (Å²) in [6, 6.07) is 22.6. The Morgan fingerprint density at radius 2 is 0.745 bits per heavy atom. The van der Waals surface area contributed by atoms with Gasteiger partial charge in [0.05, 0.1) is 0 Å². The lowest BCUT2D eigenvalue weighted by Crippen LogP contribution is -2.23. The highest BCUT2D eigenvalue weighted by Gasteiger charge is 2.43. The number of benzene rings is 5. The minimum atomic E-state index is -4.61. The van der Waals surface area contributed by atoms with Crippen LogP contribution in [0.5, 0.6) is 0 Å². The molecule has 0 amide bonds. The Morgan fingerprint density at radius 1 is 0.382 bits per heavy atom. The van der Waals surface area contributed by atoms with Crippen LogP contribution in [-0.4, -0.2) is 14.7 Å². The van der Waals surface area contributed by atoms with Crippen molar-refractivity contribution >= 4 is 34.8 Å². The molecule has 0 atom stereocenters. The summed E-state index contributed by atoms with van der Waals surface area (Å²) in [7, 11) is -4.61. The van der Waals surface area contributed by atoms with E-state index in [1.807, 2.05) is 13.0 Å². The van der Waals surface area contributed by atoms with Crippen molar-refractivity contribution in [3.8, 4) is 22.3 Å². The molecule has 4 heteroatoms. The van der Waals surface area contributed by atoms with Gasteiger partial charge in [-0.25, -0.2) is 0 Å². The first kappa shape index (κ1) is 43.1. The standard InChI is InChI=1S/C51H70O3P/c1-30-20-21-35(38-28-36-31(24-40(38)48(8,9)10)22-33(46(2,3)4)26-42(36)50(14,15)16)45(55(52,53)54)44(30)39-29-37-32(25-41(39)49(11,12)13)23-34(47(5,6)7)27-43(37)51(17,18)19/h20-29,52-54H,1-19H3/q+1. The van der Waals surface area contributed by atoms with Gasteiger partial charge in [-0.2, -0.15) is 14.7 Å². The van der Waals surface area contributed by atoms with Gasteiger partial charge in [0.1, 0.15) is 0 Å². The number of hydrogen-bond donors (Lipinski definition) is 3. The van der Waals surface area contributed by atoms with Crippen LogP contribution in [0.25, 0.3) is 43.8 Å². The zero-order valence-electron chi connectivity index (χ0n) is 37.6. The van der Waals surface area contributed by atoms with Gasteiger partial charge in [0, 0.05) is 11.1 Å². The lowest BCUT2D eigenvalue weighted by molar-refractivity contribution is 0.347. The van der Waals surface area contributed by atoms with E-state index in [2.05, 4.69) is 179 Å². The molecule has 0 saturated carbocycles. The summed E-state index contributed by atoms with van der Waals surface area (Å²) in [5.41, 5.74) is 10.4. The molecule has 0 heterocycles. The first-order valence-electron chi connectivity index (χ1n) is 20.1. The molecule has 0 aliphatic heterocycles. The van der Waals surface area contributed by atoms with E-state index in [1.165, 1.54) is 33.0 Å². The fourth-order valence-corrected chi connectivity index (χ4v) is 9.28. The highest BCUT2D eigenvalue weighted by molar-refractivity contribution is 7.67. The van der Waals surface area contributed by atoms with Gasteiger partial charge in [-0.1, -0.05) is 155 Å². The zero-order valence-corrected chi connectivity index (χ0v) is 38.5. The van der Waals surface area contributed by atoms with Crippen LogP contribution in [0, 0.1) is 6.92 Å². The molecule has 5 aromatic rings. The first-order chi connectivity index (χ1) is 24.6. The van der Waals surface area contributed by atoms with Crippen molar-refractivity contribution in [3.05, 3.63) is 99.6 Å². The predicted molar refractivity (Wildman–Crippen MR) is 242 cm³/mol. The van der Waals surface area contributed by atoms with Gasteiger partial charge in [0.2, 0.25) is 0 Å². The average Bonchev–Trinajstić information content (AvgIpc) is 2.99. The maximum atomic E-state index is 11.8. The maximum Gasteiger partial charge on any atom is 0.442 e. The highest BCUT2D eigenvalue weighted by atomic mass is 31.2. The Kier molecular flexibility index (Phi) is 10.6. The lowest BCUT2D eigenvalue weighted by atomic mass is 9.74. The maximum absolute atomic E-state index is 11.8. The number of aryl methyl sites for hydroxylation is 1. The summed E-state index contributed by atoms with van der Waals surface area (Å²) in [5, 5.41) is 4.84. The Labute approximate surface area is 334 Å². The second kappa shape index (κ2) is 13.5. The summed E-state index contributed by atoms with van der Waals surface area (Å²) in [4.78, 5) is 35.3. The van der Waals surface area contributed by atoms with E-state index in [0.29, 0.717) is 11.1 Å². The van der Waals surface area contributed by atoms with Crippen molar-refractivity contribution in [1.82, 2.24) is 0 Å². The molecule has 0 saturated heterocycles. The summed E-state index contributed by atoms with van der Waals surface area (Å²) < 4.78 is 0. The van der Waals surface area contributed by atoms with E-state index < -0.39 is 7.94 Å². The normalized spacial score (nSPS) is 14.0. The van der Waals surface area contributed by atoms with E-state index in [4.69, 9.17) is 0 Å². The van der Waals surface area contributed by atoms with Crippen molar-refractivity contribution in [1.29, 1.82) is 0 Å². The van der Waals surface area contributed by atoms with Crippen molar-refractivity contribution in [2.75, 3.05) is 0 Å². The number of rotatable bonds is 3. The Bertz CT molecular complexity index is 2290. The van der Waals surface area contributed by atoms with Gasteiger partial charge < -0.3 is 0 Å². The molecule has 0 unspecified atom stereocenters. The van der Waals surface area contributed by atoms with E-state index >= 15 is 0 Å². The molecule has 0 aliphatic carbocycles. The third kappa shape index (κ3) is 8.48. The summed E-state index contributed by atoms with van der Waals surface area (Å²) in [6.45, 7) is 42.5. The van der Waals surface area contributed by atoms with Crippen LogP contribution in [0.2, 0.25) is 0 Å². The van der Waals surface area contributed by atoms with Crippen LogP contribution in [0.4, 0.5) is 0 Å². The third-order valence-electron chi connectivity index (χ3n) is 11.4. The smallest absolute Gasteiger partial charge is 0.189 e. The van der Waals surface area contributed by atoms with E-state index in [1.54, 1.807) is 0 Å². The van der Waals surface area contributed by atoms with Crippen LogP contribution < -0.4 is 5.30 Å². The molecule has 5 rings (SSSR count). The second-order valence-corrected chi connectivity index (χ2v) is 24.1. The molecule has 5 aromatic carbocycles. The molecular weight excluding hydrogens is 692 g/mol. The summed E-state index contributed by atoms with van der Waals surface area (Å²) in [5.74, 6) is 0. The average molecular weight is 762 g/mol. The van der Waals surface area contributed by atoms with Crippen molar-refractivity contribution < 1.29 is 14.7 Å². The largest absolute Gasteiger partial charge is 0.442 e. The highest BCUT2D eigenvalue weighted by Crippen LogP contribution is 2.53. The summed E-state index contributed by atoms with van der Waals surface area (Å²) in [6.07, 6.45) is 0. The van der Waals surface area contributed by atoms with Crippen LogP contribution >= 0.6 is 7.94 Å². The molecule has 296 valence electrons. The SMILES string of the molecule is Cc1ccc(-c2cc3c(C(C)(C)C)cc(C(C)(C)C)cc3cc2C(C)(C)C)c([P+](O)(O)O)c1-c1cc2c(C(C)(C)C)cc(C(C)(C)C)cc2cc1C(C)(C)C. The molecule has 0 bridgehead atoms. The Morgan fingerprint density at radius 3 is 1.09 bits per heavy atom. The van der Waals surface area contributed by atoms with Gasteiger partial charge in [-0.05, 0) is 141 Å². The number of hydrogen-bond acceptors (Lipinski definition) is 3. The molecule has 55 heavy (non-hydrogen) atoms. The first-order valence-corrected chi connectivity index (χ1v) is 21.8. The topological polar surface area (TPSA) is 60.7 Å². The quantitative estimate of drug-likeness (QED) is 0.160. The van der Waals surface area contributed by atoms with E-state index in [0.717, 1.165) is 38.6 Å². The monoisotopic (exact) mass is 762 g/mol. The molecule has 3 N–H and O–H groups in total. The van der Waals surface area contributed by atoms with Crippen LogP contribution in [0.1, 0.15) is 164 Å². The predicted octanol–water partition coefficient (Wildman–Crippen LogP) is 13.8. The van der Waals surface area contributed by atoms with Crippen molar-refractivity contribution in [2.45, 2.75) is 164 Å². The van der Waals surface area contributed by atoms with Gasteiger partial charge in [-0.3, -0.25) is 0 Å². The van der Waals surface area contributed by atoms with Crippen LogP contribution in [-0.2, 0) is 32.5 Å². The lowest BCUT2D eigenvalue weighted by Gasteiger charge is -2.31. The van der Waals surface area contributed by atoms with Gasteiger partial charge >= 0.3 is 7.94 Å². The second-order valence-electron chi connectivity index (χ2n) is 22.5. The molecule has 3 nitrogen and oxygen atoms in total. The number of fused-ring (bicyclic) bond motifs is 2. The third-order valence-corrected chi connectivity index (χ3v) is 12.5.